The molecule has 0 unspecified atom stereocenters. The summed E-state index contributed by atoms with van der Waals surface area (Å²) >= 11 is 5.78. The Labute approximate surface area is 120 Å². The van der Waals surface area contributed by atoms with Crippen LogP contribution in [0.1, 0.15) is 17.3 Å². The van der Waals surface area contributed by atoms with E-state index in [1.807, 2.05) is 0 Å². The number of amides is 1. The molecule has 0 spiro atoms. The SMILES string of the molecule is CCOC(=O)/C(C#N)=N/Nc1ccc(Cl)c(C(N)=O)c1. The molecule has 0 saturated carbocycles. The third-order valence-corrected chi connectivity index (χ3v) is 2.43. The maximum Gasteiger partial charge on any atom is 0.369 e. The molecular weight excluding hydrogens is 284 g/mol. The smallest absolute Gasteiger partial charge is 0.369 e. The summed E-state index contributed by atoms with van der Waals surface area (Å²) in [5, 5.41) is 12.6. The molecule has 7 nitrogen and oxygen atoms in total. The first-order chi connectivity index (χ1) is 9.49. The summed E-state index contributed by atoms with van der Waals surface area (Å²) in [5.41, 5.74) is 7.60. The number of nitrogens with zero attached hydrogens (tertiary/aromatic N) is 2. The summed E-state index contributed by atoms with van der Waals surface area (Å²) in [6, 6.07) is 5.91. The van der Waals surface area contributed by atoms with E-state index in [2.05, 4.69) is 15.3 Å². The van der Waals surface area contributed by atoms with Crippen molar-refractivity contribution in [3.05, 3.63) is 28.8 Å². The van der Waals surface area contributed by atoms with Gasteiger partial charge in [0.15, 0.2) is 0 Å². The zero-order valence-electron chi connectivity index (χ0n) is 10.5. The van der Waals surface area contributed by atoms with Crippen LogP contribution in [0, 0.1) is 11.3 Å². The van der Waals surface area contributed by atoms with Gasteiger partial charge in [-0.3, -0.25) is 10.2 Å². The molecule has 0 bridgehead atoms. The highest BCUT2D eigenvalue weighted by Gasteiger charge is 2.12. The topological polar surface area (TPSA) is 118 Å². The predicted molar refractivity (Wildman–Crippen MR) is 73.3 cm³/mol. The summed E-state index contributed by atoms with van der Waals surface area (Å²) in [4.78, 5) is 22.4. The lowest BCUT2D eigenvalue weighted by atomic mass is 10.2. The van der Waals surface area contributed by atoms with Crippen LogP contribution in [-0.2, 0) is 9.53 Å². The van der Waals surface area contributed by atoms with Crippen molar-refractivity contribution in [2.75, 3.05) is 12.0 Å². The molecule has 104 valence electrons. The normalized spacial score (nSPS) is 10.6. The summed E-state index contributed by atoms with van der Waals surface area (Å²) in [7, 11) is 0. The Kier molecular flexibility index (Phi) is 5.50. The van der Waals surface area contributed by atoms with E-state index in [1.54, 1.807) is 13.0 Å². The number of hydrazone groups is 1. The highest BCUT2D eigenvalue weighted by Crippen LogP contribution is 2.20. The lowest BCUT2D eigenvalue weighted by Crippen LogP contribution is -2.17. The van der Waals surface area contributed by atoms with Crippen LogP contribution >= 0.6 is 11.6 Å². The number of carbonyl (C=O) groups excluding carboxylic acids is 2. The van der Waals surface area contributed by atoms with E-state index >= 15 is 0 Å². The van der Waals surface area contributed by atoms with Crippen LogP contribution in [-0.4, -0.2) is 24.2 Å². The van der Waals surface area contributed by atoms with E-state index in [0.29, 0.717) is 5.69 Å². The number of hydrogen-bond donors (Lipinski definition) is 2. The van der Waals surface area contributed by atoms with Crippen LogP contribution in [0.5, 0.6) is 0 Å². The minimum atomic E-state index is -0.841. The molecule has 0 fully saturated rings. The molecule has 20 heavy (non-hydrogen) atoms. The largest absolute Gasteiger partial charge is 0.461 e. The van der Waals surface area contributed by atoms with Crippen LogP contribution in [0.15, 0.2) is 23.3 Å². The van der Waals surface area contributed by atoms with Crippen LogP contribution < -0.4 is 11.2 Å². The number of anilines is 1. The number of esters is 1. The van der Waals surface area contributed by atoms with Crippen molar-refractivity contribution in [3.63, 3.8) is 0 Å². The van der Waals surface area contributed by atoms with Gasteiger partial charge >= 0.3 is 5.97 Å². The number of nitriles is 1. The second-order valence-electron chi connectivity index (χ2n) is 3.46. The molecule has 8 heteroatoms. The zero-order chi connectivity index (χ0) is 15.1. The molecule has 1 aromatic rings. The number of benzene rings is 1. The minimum Gasteiger partial charge on any atom is -0.461 e. The van der Waals surface area contributed by atoms with Gasteiger partial charge < -0.3 is 10.5 Å². The number of nitrogens with two attached hydrogens (primary N) is 1. The van der Waals surface area contributed by atoms with Crippen molar-refractivity contribution in [2.24, 2.45) is 10.8 Å². The molecule has 0 heterocycles. The maximum absolute atomic E-state index is 11.3. The molecule has 0 saturated heterocycles. The van der Waals surface area contributed by atoms with Gasteiger partial charge in [-0.25, -0.2) is 4.79 Å². The molecule has 3 N–H and O–H groups in total. The zero-order valence-corrected chi connectivity index (χ0v) is 11.3. The minimum absolute atomic E-state index is 0.0986. The van der Waals surface area contributed by atoms with Crippen molar-refractivity contribution in [2.45, 2.75) is 6.92 Å². The molecule has 0 radical (unpaired) electrons. The Morgan fingerprint density at radius 2 is 2.25 bits per heavy atom. The van der Waals surface area contributed by atoms with Gasteiger partial charge in [0, 0.05) is 0 Å². The number of primary amides is 1. The maximum atomic E-state index is 11.3. The van der Waals surface area contributed by atoms with Gasteiger partial charge in [-0.2, -0.15) is 10.4 Å². The van der Waals surface area contributed by atoms with E-state index in [9.17, 15) is 9.59 Å². The van der Waals surface area contributed by atoms with Gasteiger partial charge in [-0.15, -0.1) is 0 Å². The number of hydrogen-bond acceptors (Lipinski definition) is 6. The number of rotatable bonds is 5. The van der Waals surface area contributed by atoms with Crippen molar-refractivity contribution < 1.29 is 14.3 Å². The summed E-state index contributed by atoms with van der Waals surface area (Å²) < 4.78 is 4.64. The van der Waals surface area contributed by atoms with Crippen LogP contribution in [0.4, 0.5) is 5.69 Å². The second-order valence-corrected chi connectivity index (χ2v) is 3.87. The summed E-state index contributed by atoms with van der Waals surface area (Å²) in [6.45, 7) is 1.74. The standard InChI is InChI=1S/C12H11ClN4O3/c1-2-20-12(19)10(6-14)17-16-7-3-4-9(13)8(5-7)11(15)18/h3-5,16H,2H2,1H3,(H2,15,18)/b17-10+. The third-order valence-electron chi connectivity index (χ3n) is 2.10. The Hall–Kier alpha value is -2.59. The fourth-order valence-electron chi connectivity index (χ4n) is 1.22. The molecule has 1 rings (SSSR count). The Morgan fingerprint density at radius 3 is 2.80 bits per heavy atom. The van der Waals surface area contributed by atoms with E-state index in [0.717, 1.165) is 0 Å². The van der Waals surface area contributed by atoms with Crippen LogP contribution in [0.3, 0.4) is 0 Å². The van der Waals surface area contributed by atoms with Crippen LogP contribution in [0.2, 0.25) is 5.02 Å². The number of nitrogens with one attached hydrogen (secondary N) is 1. The first kappa shape index (κ1) is 15.5. The number of carbonyl (C=O) groups is 2. The van der Waals surface area contributed by atoms with E-state index in [4.69, 9.17) is 22.6 Å². The quantitative estimate of drug-likeness (QED) is 0.482. The van der Waals surface area contributed by atoms with Crippen molar-refractivity contribution in [1.29, 1.82) is 5.26 Å². The molecule has 0 aliphatic carbocycles. The van der Waals surface area contributed by atoms with Gasteiger partial charge in [-0.05, 0) is 25.1 Å². The fourth-order valence-corrected chi connectivity index (χ4v) is 1.43. The van der Waals surface area contributed by atoms with Gasteiger partial charge in [0.2, 0.25) is 11.6 Å². The van der Waals surface area contributed by atoms with Gasteiger partial charge in [-0.1, -0.05) is 11.6 Å². The summed E-state index contributed by atoms with van der Waals surface area (Å²) in [6.07, 6.45) is 0. The average molecular weight is 295 g/mol. The lowest BCUT2D eigenvalue weighted by Gasteiger charge is -2.05. The first-order valence-corrected chi connectivity index (χ1v) is 5.87. The molecular formula is C12H11ClN4O3. The Bertz CT molecular complexity index is 607. The lowest BCUT2D eigenvalue weighted by molar-refractivity contribution is -0.134. The van der Waals surface area contributed by atoms with Gasteiger partial charge in [0.1, 0.15) is 6.07 Å². The second kappa shape index (κ2) is 7.11. The van der Waals surface area contributed by atoms with Crippen LogP contribution in [0.25, 0.3) is 0 Å². The van der Waals surface area contributed by atoms with Crippen molar-refractivity contribution >= 4 is 34.9 Å². The number of ether oxygens (including phenoxy) is 1. The molecule has 1 amide bonds. The molecule has 0 atom stereocenters. The monoisotopic (exact) mass is 294 g/mol. The molecule has 1 aromatic carbocycles. The summed E-state index contributed by atoms with van der Waals surface area (Å²) in [5.74, 6) is -1.54. The molecule has 0 aliphatic heterocycles. The Balaban J connectivity index is 2.94. The first-order valence-electron chi connectivity index (χ1n) is 5.49. The average Bonchev–Trinajstić information content (AvgIpc) is 2.41. The Morgan fingerprint density at radius 1 is 1.55 bits per heavy atom. The van der Waals surface area contributed by atoms with E-state index in [1.165, 1.54) is 18.2 Å². The van der Waals surface area contributed by atoms with Crippen molar-refractivity contribution in [1.82, 2.24) is 0 Å². The van der Waals surface area contributed by atoms with E-state index < -0.39 is 17.6 Å². The number of halogens is 1. The highest BCUT2D eigenvalue weighted by molar-refractivity contribution is 6.43. The predicted octanol–water partition coefficient (Wildman–Crippen LogP) is 1.29. The van der Waals surface area contributed by atoms with Crippen molar-refractivity contribution in [3.8, 4) is 6.07 Å². The highest BCUT2D eigenvalue weighted by atomic mass is 35.5. The van der Waals surface area contributed by atoms with Gasteiger partial charge in [0.25, 0.3) is 0 Å². The van der Waals surface area contributed by atoms with Gasteiger partial charge in [0.05, 0.1) is 22.9 Å². The molecule has 0 aromatic heterocycles. The fraction of sp³-hybridized carbons (Fsp3) is 0.167. The third kappa shape index (κ3) is 3.96. The molecule has 0 aliphatic rings. The van der Waals surface area contributed by atoms with E-state index in [-0.39, 0.29) is 17.2 Å².